The Morgan fingerprint density at radius 2 is 1.90 bits per heavy atom. The van der Waals surface area contributed by atoms with E-state index < -0.39 is 5.97 Å². The maximum atomic E-state index is 11.5. The number of carboxylic acids is 1. The average molecular weight is 436 g/mol. The third kappa shape index (κ3) is 6.51. The summed E-state index contributed by atoms with van der Waals surface area (Å²) in [6.07, 6.45) is 10.7. The van der Waals surface area contributed by atoms with Gasteiger partial charge in [-0.3, -0.25) is 9.69 Å². The number of hydrogen-bond acceptors (Lipinski definition) is 6. The predicted octanol–water partition coefficient (Wildman–Crippen LogP) is 4.75. The number of likely N-dealkylation sites (tertiary alicyclic amines) is 1. The lowest BCUT2D eigenvalue weighted by molar-refractivity contribution is -0.137. The van der Waals surface area contributed by atoms with E-state index in [9.17, 15) is 15.0 Å². The molecule has 0 amide bonds. The van der Waals surface area contributed by atoms with E-state index in [-0.39, 0.29) is 23.9 Å². The number of piperidine rings is 1. The third-order valence-corrected chi connectivity index (χ3v) is 7.79. The molecule has 1 atom stereocenters. The van der Waals surface area contributed by atoms with Gasteiger partial charge < -0.3 is 14.7 Å². The van der Waals surface area contributed by atoms with Gasteiger partial charge in [0.15, 0.2) is 5.82 Å². The highest BCUT2D eigenvalue weighted by Gasteiger charge is 2.42. The van der Waals surface area contributed by atoms with Crippen LogP contribution >= 0.6 is 0 Å². The average Bonchev–Trinajstić information content (AvgIpc) is 3.17. The molecule has 1 aliphatic carbocycles. The van der Waals surface area contributed by atoms with Crippen molar-refractivity contribution in [2.75, 3.05) is 13.1 Å². The summed E-state index contributed by atoms with van der Waals surface area (Å²) < 4.78 is 5.52. The van der Waals surface area contributed by atoms with Gasteiger partial charge >= 0.3 is 5.97 Å². The van der Waals surface area contributed by atoms with Gasteiger partial charge in [0.25, 0.3) is 0 Å². The van der Waals surface area contributed by atoms with E-state index in [0.29, 0.717) is 23.7 Å². The predicted molar refractivity (Wildman–Crippen MR) is 119 cm³/mol. The van der Waals surface area contributed by atoms with Crippen LogP contribution in [-0.2, 0) is 11.3 Å². The fraction of sp³-hybridized carbons (Fsp3) is 0.875. The zero-order chi connectivity index (χ0) is 22.5. The van der Waals surface area contributed by atoms with Crippen LogP contribution in [0.1, 0.15) is 109 Å². The van der Waals surface area contributed by atoms with Gasteiger partial charge in [-0.15, -0.1) is 0 Å². The van der Waals surface area contributed by atoms with Gasteiger partial charge in [-0.05, 0) is 49.4 Å². The molecule has 2 aliphatic rings. The number of carbonyl (C=O) groups is 1. The zero-order valence-corrected chi connectivity index (χ0v) is 19.6. The number of nitrogens with zero attached hydrogens (tertiary/aromatic N) is 3. The molecule has 1 aromatic heterocycles. The molecule has 0 radical (unpaired) electrons. The van der Waals surface area contributed by atoms with Crippen molar-refractivity contribution in [2.45, 2.75) is 110 Å². The van der Waals surface area contributed by atoms with Gasteiger partial charge in [0.1, 0.15) is 0 Å². The van der Waals surface area contributed by atoms with Crippen molar-refractivity contribution in [1.82, 2.24) is 15.0 Å². The lowest BCUT2D eigenvalue weighted by Crippen LogP contribution is -2.37. The second kappa shape index (κ2) is 10.4. The fourth-order valence-electron chi connectivity index (χ4n) is 5.59. The number of hydrogen-bond donors (Lipinski definition) is 2. The van der Waals surface area contributed by atoms with E-state index in [1.165, 1.54) is 32.1 Å². The molecular formula is C24H41N3O4. The minimum absolute atomic E-state index is 0.0278. The van der Waals surface area contributed by atoms with Gasteiger partial charge in [-0.1, -0.05) is 51.6 Å². The molecule has 0 spiro atoms. The van der Waals surface area contributed by atoms with E-state index in [2.05, 4.69) is 35.8 Å². The molecule has 7 heteroatoms. The Bertz CT molecular complexity index is 698. The van der Waals surface area contributed by atoms with Crippen molar-refractivity contribution in [1.29, 1.82) is 0 Å². The first-order valence-electron chi connectivity index (χ1n) is 12.1. The van der Waals surface area contributed by atoms with Crippen molar-refractivity contribution in [3.05, 3.63) is 11.7 Å². The summed E-state index contributed by atoms with van der Waals surface area (Å²) in [6.45, 7) is 9.30. The Hall–Kier alpha value is -1.47. The quantitative estimate of drug-likeness (QED) is 0.577. The minimum atomic E-state index is -0.821. The molecule has 1 aromatic rings. The molecule has 3 rings (SSSR count). The molecule has 2 fully saturated rings. The third-order valence-electron chi connectivity index (χ3n) is 7.79. The Morgan fingerprint density at radius 1 is 1.23 bits per heavy atom. The normalized spacial score (nSPS) is 21.8. The van der Waals surface area contributed by atoms with Crippen molar-refractivity contribution in [2.24, 2.45) is 10.8 Å². The molecule has 2 heterocycles. The fourth-order valence-corrected chi connectivity index (χ4v) is 5.59. The smallest absolute Gasteiger partial charge is 0.304 e. The van der Waals surface area contributed by atoms with Crippen molar-refractivity contribution in [3.63, 3.8) is 0 Å². The number of aliphatic carboxylic acids is 1. The molecule has 31 heavy (non-hydrogen) atoms. The molecule has 1 saturated heterocycles. The summed E-state index contributed by atoms with van der Waals surface area (Å²) >= 11 is 0. The van der Waals surface area contributed by atoms with Gasteiger partial charge in [-0.2, -0.15) is 4.98 Å². The van der Waals surface area contributed by atoms with Crippen LogP contribution < -0.4 is 0 Å². The molecule has 0 unspecified atom stereocenters. The summed E-state index contributed by atoms with van der Waals surface area (Å²) in [4.78, 5) is 18.3. The van der Waals surface area contributed by atoms with Crippen molar-refractivity contribution in [3.8, 4) is 0 Å². The van der Waals surface area contributed by atoms with Crippen LogP contribution in [0, 0.1) is 10.8 Å². The number of aromatic nitrogens is 2. The SMILES string of the molecule is CC(C)(C)C1(CCC[C@H](CC(=O)O)c2nc(CN3CCC(O)CC3)no2)CCCCC1. The summed E-state index contributed by atoms with van der Waals surface area (Å²) in [5, 5.41) is 23.2. The minimum Gasteiger partial charge on any atom is -0.481 e. The van der Waals surface area contributed by atoms with E-state index in [1.807, 2.05) is 0 Å². The highest BCUT2D eigenvalue weighted by Crippen LogP contribution is 2.53. The standard InChI is InChI=1S/C24H41N3O4/c1-23(2,3)24(11-5-4-6-12-24)13-7-8-18(16-21(29)30)22-25-20(26-31-22)17-27-14-9-19(28)10-15-27/h18-19,28H,4-17H2,1-3H3,(H,29,30)/t18-/m1/s1. The van der Waals surface area contributed by atoms with Crippen LogP contribution in [0.25, 0.3) is 0 Å². The zero-order valence-electron chi connectivity index (χ0n) is 19.6. The van der Waals surface area contributed by atoms with E-state index in [1.54, 1.807) is 0 Å². The first-order valence-corrected chi connectivity index (χ1v) is 12.1. The Kier molecular flexibility index (Phi) is 8.14. The van der Waals surface area contributed by atoms with Crippen molar-refractivity contribution >= 4 is 5.97 Å². The van der Waals surface area contributed by atoms with Crippen LogP contribution in [0.5, 0.6) is 0 Å². The first kappa shape index (κ1) is 24.2. The number of carboxylic acid groups (broad SMARTS) is 1. The summed E-state index contributed by atoms with van der Waals surface area (Å²) in [6, 6.07) is 0. The molecule has 7 nitrogen and oxygen atoms in total. The number of aliphatic hydroxyl groups excluding tert-OH is 1. The summed E-state index contributed by atoms with van der Waals surface area (Å²) in [5.74, 6) is 0.0172. The van der Waals surface area contributed by atoms with Crippen molar-refractivity contribution < 1.29 is 19.5 Å². The van der Waals surface area contributed by atoms with E-state index in [0.717, 1.165) is 45.2 Å². The first-order chi connectivity index (χ1) is 14.7. The second-order valence-corrected chi connectivity index (χ2v) is 10.8. The lowest BCUT2D eigenvalue weighted by Gasteiger charge is -2.48. The maximum Gasteiger partial charge on any atom is 0.304 e. The maximum absolute atomic E-state index is 11.5. The van der Waals surface area contributed by atoms with Gasteiger partial charge in [0, 0.05) is 19.0 Å². The number of aliphatic hydroxyl groups is 1. The highest BCUT2D eigenvalue weighted by molar-refractivity contribution is 5.67. The summed E-state index contributed by atoms with van der Waals surface area (Å²) in [5.41, 5.74) is 0.604. The molecular weight excluding hydrogens is 394 g/mol. The van der Waals surface area contributed by atoms with Gasteiger partial charge in [0.05, 0.1) is 19.1 Å². The molecule has 1 aliphatic heterocycles. The topological polar surface area (TPSA) is 99.7 Å². The largest absolute Gasteiger partial charge is 0.481 e. The van der Waals surface area contributed by atoms with Gasteiger partial charge in [-0.25, -0.2) is 0 Å². The Balaban J connectivity index is 1.60. The second-order valence-electron chi connectivity index (χ2n) is 10.8. The highest BCUT2D eigenvalue weighted by atomic mass is 16.5. The van der Waals surface area contributed by atoms with Crippen LogP contribution in [0.4, 0.5) is 0 Å². The summed E-state index contributed by atoms with van der Waals surface area (Å²) in [7, 11) is 0. The number of rotatable bonds is 9. The van der Waals surface area contributed by atoms with Crippen LogP contribution in [0.15, 0.2) is 4.52 Å². The molecule has 1 saturated carbocycles. The Labute approximate surface area is 186 Å². The Morgan fingerprint density at radius 3 is 2.52 bits per heavy atom. The van der Waals surface area contributed by atoms with Crippen LogP contribution in [0.2, 0.25) is 0 Å². The van der Waals surface area contributed by atoms with Crippen LogP contribution in [-0.4, -0.2) is 50.4 Å². The monoisotopic (exact) mass is 435 g/mol. The van der Waals surface area contributed by atoms with Crippen LogP contribution in [0.3, 0.4) is 0 Å². The molecule has 176 valence electrons. The molecule has 0 bridgehead atoms. The van der Waals surface area contributed by atoms with E-state index in [4.69, 9.17) is 4.52 Å². The lowest BCUT2D eigenvalue weighted by atomic mass is 9.57. The van der Waals surface area contributed by atoms with E-state index >= 15 is 0 Å². The van der Waals surface area contributed by atoms with Gasteiger partial charge in [0.2, 0.25) is 5.89 Å². The molecule has 0 aromatic carbocycles. The molecule has 2 N–H and O–H groups in total.